The molecule has 0 saturated heterocycles. The number of hydrogen-bond donors (Lipinski definition) is 0. The molecular formula is C18H10ClFIN3O. The van der Waals surface area contributed by atoms with E-state index in [4.69, 9.17) is 11.6 Å². The van der Waals surface area contributed by atoms with Crippen molar-refractivity contribution < 1.29 is 9.18 Å². The highest BCUT2D eigenvalue weighted by atomic mass is 127. The van der Waals surface area contributed by atoms with Crippen LogP contribution in [0, 0.1) is 9.39 Å². The number of aromatic nitrogens is 2. The van der Waals surface area contributed by atoms with Crippen molar-refractivity contribution in [3.05, 3.63) is 80.7 Å². The lowest BCUT2D eigenvalue weighted by atomic mass is 10.0. The van der Waals surface area contributed by atoms with Crippen LogP contribution in [0.3, 0.4) is 0 Å². The summed E-state index contributed by atoms with van der Waals surface area (Å²) in [5.74, 6) is -0.352. The average Bonchev–Trinajstić information content (AvgIpc) is 2.94. The van der Waals surface area contributed by atoms with Gasteiger partial charge in [0.2, 0.25) is 0 Å². The summed E-state index contributed by atoms with van der Waals surface area (Å²) in [6, 6.07) is 12.3. The van der Waals surface area contributed by atoms with Crippen LogP contribution in [0.15, 0.2) is 53.8 Å². The monoisotopic (exact) mass is 465 g/mol. The van der Waals surface area contributed by atoms with Gasteiger partial charge < -0.3 is 0 Å². The Morgan fingerprint density at radius 1 is 1.20 bits per heavy atom. The number of aliphatic imine (C=N–C) groups is 1. The van der Waals surface area contributed by atoms with Crippen molar-refractivity contribution in [3.8, 4) is 5.69 Å². The van der Waals surface area contributed by atoms with Gasteiger partial charge in [0.15, 0.2) is 0 Å². The Labute approximate surface area is 161 Å². The molecular weight excluding hydrogens is 456 g/mol. The molecule has 0 amide bonds. The van der Waals surface area contributed by atoms with Crippen LogP contribution in [-0.4, -0.2) is 20.5 Å². The third kappa shape index (κ3) is 2.79. The zero-order valence-electron chi connectivity index (χ0n) is 12.7. The first-order valence-electron chi connectivity index (χ1n) is 7.42. The molecule has 1 aliphatic heterocycles. The molecule has 124 valence electrons. The van der Waals surface area contributed by atoms with Crippen molar-refractivity contribution in [3.63, 3.8) is 0 Å². The minimum Gasteiger partial charge on any atom is -0.300 e. The van der Waals surface area contributed by atoms with Gasteiger partial charge in [-0.15, -0.1) is 0 Å². The number of hydrogen-bond acceptors (Lipinski definition) is 3. The molecule has 2 heterocycles. The van der Waals surface area contributed by atoms with Gasteiger partial charge >= 0.3 is 0 Å². The van der Waals surface area contributed by atoms with Gasteiger partial charge in [-0.2, -0.15) is 0 Å². The maximum Gasteiger partial charge on any atom is 0.272 e. The van der Waals surface area contributed by atoms with Crippen molar-refractivity contribution in [2.24, 2.45) is 4.99 Å². The topological polar surface area (TPSA) is 47.2 Å². The Balaban J connectivity index is 2.01. The Bertz CT molecular complexity index is 1040. The summed E-state index contributed by atoms with van der Waals surface area (Å²) >= 11 is 7.87. The van der Waals surface area contributed by atoms with E-state index in [0.717, 1.165) is 9.13 Å². The predicted molar refractivity (Wildman–Crippen MR) is 102 cm³/mol. The molecule has 0 radical (unpaired) electrons. The summed E-state index contributed by atoms with van der Waals surface area (Å²) < 4.78 is 16.7. The molecule has 4 rings (SSSR count). The van der Waals surface area contributed by atoms with Gasteiger partial charge in [0.1, 0.15) is 17.8 Å². The molecule has 1 aromatic heterocycles. The number of benzene rings is 2. The SMILES string of the molecule is O=C(Cl)c1ncn2c1CN=C(c1ccccc1I)c1cc(F)ccc1-2. The van der Waals surface area contributed by atoms with E-state index in [-0.39, 0.29) is 18.1 Å². The van der Waals surface area contributed by atoms with Crippen molar-refractivity contribution in [2.75, 3.05) is 0 Å². The summed E-state index contributed by atoms with van der Waals surface area (Å²) in [6.45, 7) is 0.227. The molecule has 3 aromatic rings. The van der Waals surface area contributed by atoms with E-state index in [9.17, 15) is 9.18 Å². The fourth-order valence-electron chi connectivity index (χ4n) is 2.93. The number of carbonyl (C=O) groups excluding carboxylic acids is 1. The van der Waals surface area contributed by atoms with Gasteiger partial charge in [-0.3, -0.25) is 14.4 Å². The van der Waals surface area contributed by atoms with Crippen LogP contribution in [0.1, 0.15) is 27.3 Å². The largest absolute Gasteiger partial charge is 0.300 e. The van der Waals surface area contributed by atoms with E-state index in [1.165, 1.54) is 18.5 Å². The molecule has 0 N–H and O–H groups in total. The van der Waals surface area contributed by atoms with Crippen LogP contribution >= 0.6 is 34.2 Å². The van der Waals surface area contributed by atoms with E-state index in [1.807, 2.05) is 24.3 Å². The quantitative estimate of drug-likeness (QED) is 0.417. The molecule has 1 aliphatic rings. The van der Waals surface area contributed by atoms with Gasteiger partial charge in [0.25, 0.3) is 5.24 Å². The molecule has 0 aliphatic carbocycles. The molecule has 0 bridgehead atoms. The number of halogens is 3. The molecule has 0 saturated carbocycles. The van der Waals surface area contributed by atoms with E-state index in [1.54, 1.807) is 10.6 Å². The molecule has 0 atom stereocenters. The Kier molecular flexibility index (Phi) is 4.16. The van der Waals surface area contributed by atoms with E-state index in [0.29, 0.717) is 22.7 Å². The van der Waals surface area contributed by atoms with E-state index >= 15 is 0 Å². The lowest BCUT2D eigenvalue weighted by Crippen LogP contribution is -2.09. The minimum atomic E-state index is -0.634. The van der Waals surface area contributed by atoms with Crippen molar-refractivity contribution in [2.45, 2.75) is 6.54 Å². The van der Waals surface area contributed by atoms with Crippen molar-refractivity contribution in [1.29, 1.82) is 0 Å². The maximum absolute atomic E-state index is 14.0. The second-order valence-corrected chi connectivity index (χ2v) is 7.00. The van der Waals surface area contributed by atoms with Gasteiger partial charge in [-0.25, -0.2) is 9.37 Å². The highest BCUT2D eigenvalue weighted by Gasteiger charge is 2.24. The summed E-state index contributed by atoms with van der Waals surface area (Å²) in [5, 5.41) is -0.634. The fraction of sp³-hybridized carbons (Fsp3) is 0.0556. The predicted octanol–water partition coefficient (Wildman–Crippen LogP) is 4.35. The second-order valence-electron chi connectivity index (χ2n) is 5.49. The third-order valence-electron chi connectivity index (χ3n) is 4.04. The lowest BCUT2D eigenvalue weighted by molar-refractivity contribution is 0.107. The normalized spacial score (nSPS) is 12.8. The molecule has 2 aromatic carbocycles. The van der Waals surface area contributed by atoms with Crippen LogP contribution in [-0.2, 0) is 6.54 Å². The number of rotatable bonds is 2. The Morgan fingerprint density at radius 2 is 2.00 bits per heavy atom. The van der Waals surface area contributed by atoms with Crippen LogP contribution in [0.5, 0.6) is 0 Å². The molecule has 25 heavy (non-hydrogen) atoms. The molecule has 0 fully saturated rings. The smallest absolute Gasteiger partial charge is 0.272 e. The van der Waals surface area contributed by atoms with Gasteiger partial charge in [0.05, 0.1) is 23.6 Å². The average molecular weight is 466 g/mol. The number of imidazole rings is 1. The molecule has 0 unspecified atom stereocenters. The third-order valence-corrected chi connectivity index (χ3v) is 5.16. The van der Waals surface area contributed by atoms with Gasteiger partial charge in [-0.1, -0.05) is 18.2 Å². The number of nitrogens with zero attached hydrogens (tertiary/aromatic N) is 3. The molecule has 4 nitrogen and oxygen atoms in total. The first kappa shape index (κ1) is 16.4. The van der Waals surface area contributed by atoms with Gasteiger partial charge in [-0.05, 0) is 58.5 Å². The van der Waals surface area contributed by atoms with Crippen LogP contribution in [0.2, 0.25) is 0 Å². The van der Waals surface area contributed by atoms with E-state index < -0.39 is 5.24 Å². The van der Waals surface area contributed by atoms with Crippen LogP contribution in [0.25, 0.3) is 5.69 Å². The van der Waals surface area contributed by atoms with Gasteiger partial charge in [0, 0.05) is 14.7 Å². The standard InChI is InChI=1S/C18H10ClFIN3O/c19-18(25)17-15-8-22-16(11-3-1-2-4-13(11)21)12-7-10(20)5-6-14(12)24(15)9-23-17/h1-7,9H,8H2. The Morgan fingerprint density at radius 3 is 2.76 bits per heavy atom. The summed E-state index contributed by atoms with van der Waals surface area (Å²) in [7, 11) is 0. The first-order chi connectivity index (χ1) is 12.1. The molecule has 7 heteroatoms. The second kappa shape index (κ2) is 6.34. The zero-order chi connectivity index (χ0) is 17.6. The summed E-state index contributed by atoms with van der Waals surface area (Å²) in [6.07, 6.45) is 1.52. The number of fused-ring (bicyclic) bond motifs is 3. The van der Waals surface area contributed by atoms with Crippen molar-refractivity contribution >= 4 is 45.1 Å². The van der Waals surface area contributed by atoms with Crippen LogP contribution < -0.4 is 0 Å². The van der Waals surface area contributed by atoms with E-state index in [2.05, 4.69) is 32.6 Å². The Hall–Kier alpha value is -2.06. The van der Waals surface area contributed by atoms with Crippen LogP contribution in [0.4, 0.5) is 4.39 Å². The summed E-state index contributed by atoms with van der Waals surface area (Å²) in [5.41, 5.74) is 3.71. The number of carbonyl (C=O) groups is 1. The molecule has 0 spiro atoms. The first-order valence-corrected chi connectivity index (χ1v) is 8.87. The maximum atomic E-state index is 14.0. The highest BCUT2D eigenvalue weighted by Crippen LogP contribution is 2.29. The zero-order valence-corrected chi connectivity index (χ0v) is 15.6. The van der Waals surface area contributed by atoms with Crippen molar-refractivity contribution in [1.82, 2.24) is 9.55 Å². The fourth-order valence-corrected chi connectivity index (χ4v) is 3.73. The lowest BCUT2D eigenvalue weighted by Gasteiger charge is -2.12. The minimum absolute atomic E-state index is 0.171. The summed E-state index contributed by atoms with van der Waals surface area (Å²) in [4.78, 5) is 20.4. The highest BCUT2D eigenvalue weighted by molar-refractivity contribution is 14.1.